The first-order valence-corrected chi connectivity index (χ1v) is 6.79. The summed E-state index contributed by atoms with van der Waals surface area (Å²) in [6.45, 7) is 1.83. The highest BCUT2D eigenvalue weighted by Crippen LogP contribution is 2.37. The summed E-state index contributed by atoms with van der Waals surface area (Å²) in [7, 11) is 0. The largest absolute Gasteiger partial charge is 0.393 e. The van der Waals surface area contributed by atoms with E-state index in [1.165, 1.54) is 0 Å². The van der Waals surface area contributed by atoms with Gasteiger partial charge in [0.1, 0.15) is 0 Å². The molecule has 2 aromatic rings. The van der Waals surface area contributed by atoms with Crippen LogP contribution < -0.4 is 4.90 Å². The highest BCUT2D eigenvalue weighted by atomic mass is 16.3. The number of hydrogen-bond acceptors (Lipinski definition) is 5. The van der Waals surface area contributed by atoms with Crippen molar-refractivity contribution in [3.63, 3.8) is 0 Å². The fraction of sp³-hybridized carbons (Fsp3) is 0.500. The summed E-state index contributed by atoms with van der Waals surface area (Å²) in [4.78, 5) is 15.3. The predicted molar refractivity (Wildman–Crippen MR) is 71.8 cm³/mol. The van der Waals surface area contributed by atoms with Crippen molar-refractivity contribution in [2.45, 2.75) is 18.9 Å². The quantitative estimate of drug-likeness (QED) is 0.831. The molecule has 0 radical (unpaired) electrons. The maximum absolute atomic E-state index is 9.96. The van der Waals surface area contributed by atoms with Crippen molar-refractivity contribution < 1.29 is 5.11 Å². The van der Waals surface area contributed by atoms with Gasteiger partial charge >= 0.3 is 0 Å². The molecule has 0 unspecified atom stereocenters. The molecule has 3 heterocycles. The summed E-state index contributed by atoms with van der Waals surface area (Å²) in [5.41, 5.74) is 0.929. The molecule has 2 aliphatic rings. The zero-order valence-corrected chi connectivity index (χ0v) is 10.6. The lowest BCUT2D eigenvalue weighted by molar-refractivity contribution is 0.137. The van der Waals surface area contributed by atoms with E-state index in [4.69, 9.17) is 0 Å². The molecule has 2 aromatic heterocycles. The van der Waals surface area contributed by atoms with Gasteiger partial charge in [-0.05, 0) is 24.8 Å². The average Bonchev–Trinajstić information content (AvgIpc) is 2.71. The third-order valence-electron chi connectivity index (χ3n) is 4.34. The molecule has 0 aromatic carbocycles. The minimum Gasteiger partial charge on any atom is -0.393 e. The van der Waals surface area contributed by atoms with Crippen molar-refractivity contribution in [1.82, 2.24) is 15.0 Å². The van der Waals surface area contributed by atoms with Gasteiger partial charge in [-0.3, -0.25) is 4.98 Å². The molecule has 19 heavy (non-hydrogen) atoms. The van der Waals surface area contributed by atoms with Crippen LogP contribution in [0.15, 0.2) is 24.7 Å². The standard InChI is InChI=1S/C14H16N4O/c19-13-4-9-3-10(13)8-18(7-9)14-16-6-11-5-15-2-1-12(11)17-14/h1-2,5-6,9-10,13,19H,3-4,7-8H2/t9-,10+,13-/m1/s1. The van der Waals surface area contributed by atoms with E-state index in [1.54, 1.807) is 12.4 Å². The summed E-state index contributed by atoms with van der Waals surface area (Å²) in [5.74, 6) is 1.75. The second-order valence-electron chi connectivity index (χ2n) is 5.67. The van der Waals surface area contributed by atoms with Gasteiger partial charge in [-0.15, -0.1) is 0 Å². The molecule has 1 N–H and O–H groups in total. The Labute approximate surface area is 111 Å². The fourth-order valence-electron chi connectivity index (χ4n) is 3.41. The third-order valence-corrected chi connectivity index (χ3v) is 4.34. The Morgan fingerprint density at radius 3 is 3.05 bits per heavy atom. The molecule has 1 aliphatic heterocycles. The highest BCUT2D eigenvalue weighted by molar-refractivity contribution is 5.77. The maximum Gasteiger partial charge on any atom is 0.225 e. The van der Waals surface area contributed by atoms with Gasteiger partial charge in [-0.1, -0.05) is 0 Å². The Morgan fingerprint density at radius 2 is 2.16 bits per heavy atom. The van der Waals surface area contributed by atoms with Gasteiger partial charge in [-0.2, -0.15) is 0 Å². The number of pyridine rings is 1. The van der Waals surface area contributed by atoms with E-state index < -0.39 is 0 Å². The summed E-state index contributed by atoms with van der Waals surface area (Å²) in [6, 6.07) is 1.91. The van der Waals surface area contributed by atoms with E-state index in [-0.39, 0.29) is 6.10 Å². The number of anilines is 1. The first-order valence-electron chi connectivity index (χ1n) is 6.79. The Balaban J connectivity index is 1.67. The molecule has 1 saturated carbocycles. The number of nitrogens with zero attached hydrogens (tertiary/aromatic N) is 4. The molecule has 4 rings (SSSR count). The molecule has 3 atom stereocenters. The monoisotopic (exact) mass is 256 g/mol. The smallest absolute Gasteiger partial charge is 0.225 e. The van der Waals surface area contributed by atoms with Gasteiger partial charge in [0.05, 0.1) is 11.6 Å². The van der Waals surface area contributed by atoms with E-state index in [0.29, 0.717) is 11.8 Å². The van der Waals surface area contributed by atoms with Crippen LogP contribution >= 0.6 is 0 Å². The summed E-state index contributed by atoms with van der Waals surface area (Å²) < 4.78 is 0. The van der Waals surface area contributed by atoms with Crippen molar-refractivity contribution in [3.05, 3.63) is 24.7 Å². The molecule has 5 nitrogen and oxygen atoms in total. The second kappa shape index (κ2) is 4.13. The first-order chi connectivity index (χ1) is 9.29. The highest BCUT2D eigenvalue weighted by Gasteiger charge is 2.39. The van der Waals surface area contributed by atoms with Gasteiger partial charge in [0.15, 0.2) is 0 Å². The van der Waals surface area contributed by atoms with Crippen molar-refractivity contribution in [2.75, 3.05) is 18.0 Å². The normalized spacial score (nSPS) is 29.9. The summed E-state index contributed by atoms with van der Waals surface area (Å²) >= 11 is 0. The predicted octanol–water partition coefficient (Wildman–Crippen LogP) is 1.23. The van der Waals surface area contributed by atoms with Gasteiger partial charge in [0.2, 0.25) is 5.95 Å². The van der Waals surface area contributed by atoms with Gasteiger partial charge < -0.3 is 10.0 Å². The molecule has 2 fully saturated rings. The van der Waals surface area contributed by atoms with Crippen molar-refractivity contribution in [2.24, 2.45) is 11.8 Å². The van der Waals surface area contributed by atoms with Crippen LogP contribution in [0, 0.1) is 11.8 Å². The minimum absolute atomic E-state index is 0.139. The number of piperidine rings is 1. The van der Waals surface area contributed by atoms with Gasteiger partial charge in [0, 0.05) is 43.0 Å². The molecule has 1 saturated heterocycles. The molecule has 98 valence electrons. The lowest BCUT2D eigenvalue weighted by Gasteiger charge is -2.32. The van der Waals surface area contributed by atoms with Crippen molar-refractivity contribution >= 4 is 16.9 Å². The number of fused-ring (bicyclic) bond motifs is 3. The average molecular weight is 256 g/mol. The van der Waals surface area contributed by atoms with Crippen LogP contribution in [-0.2, 0) is 0 Å². The van der Waals surface area contributed by atoms with Crippen LogP contribution in [0.5, 0.6) is 0 Å². The zero-order chi connectivity index (χ0) is 12.8. The number of rotatable bonds is 1. The topological polar surface area (TPSA) is 62.1 Å². The van der Waals surface area contributed by atoms with Crippen molar-refractivity contribution in [3.8, 4) is 0 Å². The van der Waals surface area contributed by atoms with E-state index >= 15 is 0 Å². The number of aromatic nitrogens is 3. The van der Waals surface area contributed by atoms with Gasteiger partial charge in [0.25, 0.3) is 0 Å². The van der Waals surface area contributed by atoms with E-state index in [0.717, 1.165) is 42.8 Å². The summed E-state index contributed by atoms with van der Waals surface area (Å²) in [5, 5.41) is 10.9. The van der Waals surface area contributed by atoms with Gasteiger partial charge in [-0.25, -0.2) is 9.97 Å². The van der Waals surface area contributed by atoms with Crippen LogP contribution in [0.3, 0.4) is 0 Å². The Bertz CT molecular complexity index is 615. The number of hydrogen-bond donors (Lipinski definition) is 1. The number of aliphatic hydroxyl groups excluding tert-OH is 1. The molecular formula is C14H16N4O. The van der Waals surface area contributed by atoms with E-state index in [9.17, 15) is 5.11 Å². The van der Waals surface area contributed by atoms with E-state index in [2.05, 4.69) is 19.9 Å². The van der Waals surface area contributed by atoms with Crippen LogP contribution in [0.2, 0.25) is 0 Å². The Hall–Kier alpha value is -1.75. The van der Waals surface area contributed by atoms with Crippen LogP contribution in [0.25, 0.3) is 10.9 Å². The lowest BCUT2D eigenvalue weighted by Crippen LogP contribution is -2.38. The van der Waals surface area contributed by atoms with Crippen LogP contribution in [-0.4, -0.2) is 39.3 Å². The summed E-state index contributed by atoms with van der Waals surface area (Å²) in [6.07, 6.45) is 7.30. The Kier molecular flexibility index (Phi) is 2.41. The van der Waals surface area contributed by atoms with Crippen molar-refractivity contribution in [1.29, 1.82) is 0 Å². The third kappa shape index (κ3) is 1.85. The molecule has 0 amide bonds. The number of aliphatic hydroxyl groups is 1. The molecule has 1 aliphatic carbocycles. The van der Waals surface area contributed by atoms with Crippen LogP contribution in [0.1, 0.15) is 12.8 Å². The molecule has 5 heteroatoms. The second-order valence-corrected chi connectivity index (χ2v) is 5.67. The van der Waals surface area contributed by atoms with E-state index in [1.807, 2.05) is 12.3 Å². The minimum atomic E-state index is -0.139. The zero-order valence-electron chi connectivity index (χ0n) is 10.6. The Morgan fingerprint density at radius 1 is 1.21 bits per heavy atom. The first kappa shape index (κ1) is 11.1. The maximum atomic E-state index is 9.96. The molecular weight excluding hydrogens is 240 g/mol. The lowest BCUT2D eigenvalue weighted by atomic mass is 9.99. The fourth-order valence-corrected chi connectivity index (χ4v) is 3.41. The van der Waals surface area contributed by atoms with Crippen LogP contribution in [0.4, 0.5) is 5.95 Å². The molecule has 0 spiro atoms. The molecule has 2 bridgehead atoms. The SMILES string of the molecule is O[C@@H]1C[C@H]2C[C@H]1CN(c1ncc3cnccc3n1)C2.